The van der Waals surface area contributed by atoms with Gasteiger partial charge in [-0.1, -0.05) is 0 Å². The molecule has 0 amide bonds. The minimum absolute atomic E-state index is 0.118. The topological polar surface area (TPSA) is 92.4 Å². The van der Waals surface area contributed by atoms with E-state index in [0.29, 0.717) is 4.57 Å². The first-order valence-electron chi connectivity index (χ1n) is 3.47. The van der Waals surface area contributed by atoms with Crippen LogP contribution in [0, 0.1) is 6.92 Å². The Labute approximate surface area is 73.4 Å². The normalized spacial score (nSPS) is 10.0. The molecule has 0 aliphatic carbocycles. The second kappa shape index (κ2) is 2.89. The third-order valence-corrected chi connectivity index (χ3v) is 1.53. The molecule has 0 fully saturated rings. The van der Waals surface area contributed by atoms with E-state index in [0.717, 1.165) is 0 Å². The zero-order valence-electron chi connectivity index (χ0n) is 7.11. The lowest BCUT2D eigenvalue weighted by Crippen LogP contribution is -2.14. The van der Waals surface area contributed by atoms with E-state index in [-0.39, 0.29) is 11.5 Å². The van der Waals surface area contributed by atoms with E-state index in [2.05, 4.69) is 4.98 Å². The van der Waals surface area contributed by atoms with E-state index in [4.69, 9.17) is 5.11 Å². The first kappa shape index (κ1) is 9.24. The molecule has 1 heterocycles. The predicted octanol–water partition coefficient (Wildman–Crippen LogP) is 0.626. The fourth-order valence-corrected chi connectivity index (χ4v) is 0.938. The Kier molecular flexibility index (Phi) is 2.05. The van der Waals surface area contributed by atoms with Crippen molar-refractivity contribution < 1.29 is 19.8 Å². The third kappa shape index (κ3) is 1.37. The Bertz CT molecular complexity index is 380. The van der Waals surface area contributed by atoms with Crippen LogP contribution in [0.15, 0.2) is 0 Å². The maximum absolute atomic E-state index is 10.9. The Balaban J connectivity index is 3.44. The van der Waals surface area contributed by atoms with E-state index in [1.807, 2.05) is 0 Å². The summed E-state index contributed by atoms with van der Waals surface area (Å²) < 4.78 is 0.456. The minimum atomic E-state index is -1.43. The van der Waals surface area contributed by atoms with Gasteiger partial charge in [0.2, 0.25) is 5.88 Å². The molecule has 1 rings (SSSR count). The van der Waals surface area contributed by atoms with Gasteiger partial charge < -0.3 is 10.2 Å². The van der Waals surface area contributed by atoms with Crippen LogP contribution in [0.1, 0.15) is 23.2 Å². The Morgan fingerprint density at radius 2 is 2.00 bits per heavy atom. The second-order valence-corrected chi connectivity index (χ2v) is 2.52. The monoisotopic (exact) mass is 184 g/mol. The number of aryl methyl sites for hydroxylation is 1. The summed E-state index contributed by atoms with van der Waals surface area (Å²) in [7, 11) is 0. The molecule has 1 aromatic rings. The lowest BCUT2D eigenvalue weighted by Gasteiger charge is -1.98. The maximum Gasteiger partial charge on any atom is 0.420 e. The van der Waals surface area contributed by atoms with Gasteiger partial charge in [0.15, 0.2) is 11.6 Å². The van der Waals surface area contributed by atoms with Gasteiger partial charge in [-0.05, 0) is 6.92 Å². The van der Waals surface area contributed by atoms with Crippen LogP contribution in [0.4, 0.5) is 4.79 Å². The number of ketones is 1. The van der Waals surface area contributed by atoms with E-state index in [9.17, 15) is 14.7 Å². The number of imidazole rings is 1. The molecule has 1 aromatic heterocycles. The van der Waals surface area contributed by atoms with Crippen molar-refractivity contribution in [1.29, 1.82) is 0 Å². The van der Waals surface area contributed by atoms with Crippen molar-refractivity contribution >= 4 is 11.9 Å². The third-order valence-electron chi connectivity index (χ3n) is 1.53. The van der Waals surface area contributed by atoms with Crippen molar-refractivity contribution in [1.82, 2.24) is 9.55 Å². The fraction of sp³-hybridized carbons (Fsp3) is 0.286. The number of carbonyl (C=O) groups excluding carboxylic acids is 1. The van der Waals surface area contributed by atoms with Crippen molar-refractivity contribution in [3.8, 4) is 5.88 Å². The molecule has 0 aliphatic heterocycles. The SMILES string of the molecule is CC(=O)c1nc(C)c(O)n1C(=O)O. The number of hydrogen-bond donors (Lipinski definition) is 2. The van der Waals surface area contributed by atoms with E-state index in [1.54, 1.807) is 0 Å². The summed E-state index contributed by atoms with van der Waals surface area (Å²) in [4.78, 5) is 25.1. The van der Waals surface area contributed by atoms with Crippen molar-refractivity contribution in [2.75, 3.05) is 0 Å². The van der Waals surface area contributed by atoms with Gasteiger partial charge in [-0.3, -0.25) is 4.79 Å². The number of hydrogen-bond acceptors (Lipinski definition) is 4. The molecule has 0 saturated carbocycles. The van der Waals surface area contributed by atoms with Gasteiger partial charge in [0.25, 0.3) is 0 Å². The van der Waals surface area contributed by atoms with Crippen LogP contribution in [0.25, 0.3) is 0 Å². The summed E-state index contributed by atoms with van der Waals surface area (Å²) in [6, 6.07) is 0. The zero-order chi connectivity index (χ0) is 10.2. The predicted molar refractivity (Wildman–Crippen MR) is 42.1 cm³/mol. The Morgan fingerprint density at radius 3 is 2.31 bits per heavy atom. The van der Waals surface area contributed by atoms with Gasteiger partial charge in [0.05, 0.1) is 0 Å². The van der Waals surface area contributed by atoms with Gasteiger partial charge in [-0.2, -0.15) is 4.57 Å². The Morgan fingerprint density at radius 1 is 1.46 bits per heavy atom. The minimum Gasteiger partial charge on any atom is -0.493 e. The molecule has 6 heteroatoms. The molecule has 0 spiro atoms. The molecule has 0 unspecified atom stereocenters. The average molecular weight is 184 g/mol. The van der Waals surface area contributed by atoms with Gasteiger partial charge in [-0.15, -0.1) is 0 Å². The standard InChI is InChI=1S/C7H8N2O4/c1-3-6(11)9(7(12)13)5(8-3)4(2)10/h11H,1-2H3,(H,12,13). The van der Waals surface area contributed by atoms with Crippen LogP contribution in [0.5, 0.6) is 5.88 Å². The van der Waals surface area contributed by atoms with E-state index >= 15 is 0 Å². The van der Waals surface area contributed by atoms with Crippen molar-refractivity contribution in [2.45, 2.75) is 13.8 Å². The van der Waals surface area contributed by atoms with Crippen molar-refractivity contribution in [3.05, 3.63) is 11.5 Å². The largest absolute Gasteiger partial charge is 0.493 e. The summed E-state index contributed by atoms with van der Waals surface area (Å²) in [5, 5.41) is 17.8. The van der Waals surface area contributed by atoms with Crippen molar-refractivity contribution in [3.63, 3.8) is 0 Å². The van der Waals surface area contributed by atoms with E-state index < -0.39 is 17.8 Å². The highest BCUT2D eigenvalue weighted by molar-refractivity contribution is 5.94. The summed E-state index contributed by atoms with van der Waals surface area (Å²) >= 11 is 0. The molecular formula is C7H8N2O4. The molecular weight excluding hydrogens is 176 g/mol. The van der Waals surface area contributed by atoms with Crippen LogP contribution < -0.4 is 0 Å². The van der Waals surface area contributed by atoms with Crippen LogP contribution in [-0.2, 0) is 0 Å². The highest BCUT2D eigenvalue weighted by atomic mass is 16.4. The average Bonchev–Trinajstić information content (AvgIpc) is 2.28. The molecule has 0 aromatic carbocycles. The summed E-state index contributed by atoms with van der Waals surface area (Å²) in [6.07, 6.45) is -1.43. The second-order valence-electron chi connectivity index (χ2n) is 2.52. The maximum atomic E-state index is 10.9. The molecule has 0 aliphatic rings. The highest BCUT2D eigenvalue weighted by Gasteiger charge is 2.21. The zero-order valence-corrected chi connectivity index (χ0v) is 7.11. The number of aromatic nitrogens is 2. The summed E-state index contributed by atoms with van der Waals surface area (Å²) in [5.41, 5.74) is 0.118. The van der Waals surface area contributed by atoms with Gasteiger partial charge in [0.1, 0.15) is 5.69 Å². The lowest BCUT2D eigenvalue weighted by atomic mass is 10.4. The number of nitrogens with zero attached hydrogens (tertiary/aromatic N) is 2. The molecule has 13 heavy (non-hydrogen) atoms. The molecule has 0 saturated heterocycles. The fourth-order valence-electron chi connectivity index (χ4n) is 0.938. The number of Topliss-reactive ketones (excluding diaryl/α,β-unsaturated/α-hetero) is 1. The molecule has 70 valence electrons. The first-order valence-corrected chi connectivity index (χ1v) is 3.47. The smallest absolute Gasteiger partial charge is 0.420 e. The summed E-state index contributed by atoms with van der Waals surface area (Å²) in [5.74, 6) is -1.30. The molecule has 2 N–H and O–H groups in total. The summed E-state index contributed by atoms with van der Waals surface area (Å²) in [6.45, 7) is 2.60. The highest BCUT2D eigenvalue weighted by Crippen LogP contribution is 2.17. The number of rotatable bonds is 1. The number of carbonyl (C=O) groups is 2. The van der Waals surface area contributed by atoms with Gasteiger partial charge in [0, 0.05) is 6.92 Å². The molecule has 0 bridgehead atoms. The van der Waals surface area contributed by atoms with Crippen molar-refractivity contribution in [2.24, 2.45) is 0 Å². The lowest BCUT2D eigenvalue weighted by molar-refractivity contribution is 0.0996. The quantitative estimate of drug-likeness (QED) is 0.624. The van der Waals surface area contributed by atoms with Crippen LogP contribution in [0.3, 0.4) is 0 Å². The van der Waals surface area contributed by atoms with Crippen LogP contribution in [-0.4, -0.2) is 31.6 Å². The molecule has 0 radical (unpaired) electrons. The van der Waals surface area contributed by atoms with Gasteiger partial charge >= 0.3 is 6.09 Å². The molecule has 0 atom stereocenters. The first-order chi connectivity index (χ1) is 5.95. The van der Waals surface area contributed by atoms with Crippen LogP contribution >= 0.6 is 0 Å². The molecule has 6 nitrogen and oxygen atoms in total. The van der Waals surface area contributed by atoms with E-state index in [1.165, 1.54) is 13.8 Å². The van der Waals surface area contributed by atoms with Gasteiger partial charge in [-0.25, -0.2) is 9.78 Å². The Hall–Kier alpha value is -1.85. The number of aromatic hydroxyl groups is 1. The van der Waals surface area contributed by atoms with Crippen LogP contribution in [0.2, 0.25) is 0 Å². The number of carboxylic acid groups (broad SMARTS) is 1.